The monoisotopic (exact) mass is 258 g/mol. The molecular formula is C14H11FN2S. The van der Waals surface area contributed by atoms with Crippen LogP contribution in [0.1, 0.15) is 11.1 Å². The van der Waals surface area contributed by atoms with Gasteiger partial charge in [-0.15, -0.1) is 6.42 Å². The summed E-state index contributed by atoms with van der Waals surface area (Å²) in [6, 6.07) is 5.82. The summed E-state index contributed by atoms with van der Waals surface area (Å²) >= 11 is 1.37. The fourth-order valence-electron chi connectivity index (χ4n) is 2.17. The summed E-state index contributed by atoms with van der Waals surface area (Å²) in [7, 11) is 0. The van der Waals surface area contributed by atoms with Crippen LogP contribution in [0.5, 0.6) is 0 Å². The number of allylic oxidation sites excluding steroid dienone is 1. The topological polar surface area (TPSA) is 27.8 Å². The van der Waals surface area contributed by atoms with Gasteiger partial charge in [0.15, 0.2) is 0 Å². The van der Waals surface area contributed by atoms with Gasteiger partial charge in [0, 0.05) is 39.7 Å². The summed E-state index contributed by atoms with van der Waals surface area (Å²) in [6.07, 6.45) is 7.34. The van der Waals surface area contributed by atoms with Crippen molar-refractivity contribution < 1.29 is 4.39 Å². The molecule has 0 radical (unpaired) electrons. The molecule has 1 aromatic heterocycles. The van der Waals surface area contributed by atoms with Crippen molar-refractivity contribution in [1.29, 1.82) is 0 Å². The van der Waals surface area contributed by atoms with Gasteiger partial charge in [-0.2, -0.15) is 0 Å². The number of aromatic amines is 1. The lowest BCUT2D eigenvalue weighted by Crippen LogP contribution is -1.99. The fourth-order valence-corrected chi connectivity index (χ4v) is 2.92. The van der Waals surface area contributed by atoms with Crippen LogP contribution >= 0.6 is 11.9 Å². The van der Waals surface area contributed by atoms with Gasteiger partial charge < -0.3 is 4.98 Å². The first-order valence-corrected chi connectivity index (χ1v) is 6.41. The maximum absolute atomic E-state index is 12.9. The van der Waals surface area contributed by atoms with Crippen molar-refractivity contribution in [2.45, 2.75) is 0 Å². The average Bonchev–Trinajstić information content (AvgIpc) is 3.03. The number of hydrogen-bond donors (Lipinski definition) is 2. The molecule has 0 saturated carbocycles. The van der Waals surface area contributed by atoms with E-state index in [1.807, 2.05) is 24.4 Å². The molecule has 1 aromatic carbocycles. The molecule has 2 aromatic rings. The highest BCUT2D eigenvalue weighted by Gasteiger charge is 2.19. The van der Waals surface area contributed by atoms with Crippen molar-refractivity contribution in [2.75, 3.05) is 13.2 Å². The second-order valence-electron chi connectivity index (χ2n) is 4.07. The molecule has 3 rings (SSSR count). The van der Waals surface area contributed by atoms with Crippen LogP contribution in [0.15, 0.2) is 29.3 Å². The predicted molar refractivity (Wildman–Crippen MR) is 74.7 cm³/mol. The van der Waals surface area contributed by atoms with Crippen LogP contribution < -0.4 is 4.72 Å². The molecule has 1 aliphatic rings. The highest BCUT2D eigenvalue weighted by atomic mass is 32.2. The van der Waals surface area contributed by atoms with Crippen molar-refractivity contribution in [1.82, 2.24) is 9.71 Å². The molecule has 0 amide bonds. The zero-order valence-electron chi connectivity index (χ0n) is 9.59. The lowest BCUT2D eigenvalue weighted by atomic mass is 10.0. The number of hydrogen-bond acceptors (Lipinski definition) is 2. The minimum absolute atomic E-state index is 0.436. The maximum Gasteiger partial charge on any atom is 0.122 e. The van der Waals surface area contributed by atoms with Gasteiger partial charge in [0.25, 0.3) is 0 Å². The molecule has 2 nitrogen and oxygen atoms in total. The van der Waals surface area contributed by atoms with E-state index < -0.39 is 6.67 Å². The highest BCUT2D eigenvalue weighted by molar-refractivity contribution is 8.01. The summed E-state index contributed by atoms with van der Waals surface area (Å²) in [5.74, 6) is 2.63. The van der Waals surface area contributed by atoms with Crippen molar-refractivity contribution in [3.63, 3.8) is 0 Å². The SMILES string of the molecule is C#Cc1ccc2[nH]cc(C3=C(CF)SNC3)c2c1. The molecular weight excluding hydrogens is 247 g/mol. The number of aromatic nitrogens is 1. The van der Waals surface area contributed by atoms with E-state index in [1.165, 1.54) is 11.9 Å². The predicted octanol–water partition coefficient (Wildman–Crippen LogP) is 3.08. The van der Waals surface area contributed by atoms with Gasteiger partial charge in [-0.05, 0) is 35.7 Å². The average molecular weight is 258 g/mol. The molecule has 2 heterocycles. The number of alkyl halides is 1. The van der Waals surface area contributed by atoms with E-state index in [4.69, 9.17) is 6.42 Å². The van der Waals surface area contributed by atoms with Gasteiger partial charge in [-0.1, -0.05) is 5.92 Å². The smallest absolute Gasteiger partial charge is 0.122 e. The van der Waals surface area contributed by atoms with Gasteiger partial charge in [0.05, 0.1) is 0 Å². The molecule has 0 saturated heterocycles. The first kappa shape index (κ1) is 11.4. The second kappa shape index (κ2) is 4.52. The van der Waals surface area contributed by atoms with Gasteiger partial charge in [-0.3, -0.25) is 4.72 Å². The number of terminal acetylenes is 1. The maximum atomic E-state index is 12.9. The van der Waals surface area contributed by atoms with E-state index in [2.05, 4.69) is 15.6 Å². The lowest BCUT2D eigenvalue weighted by molar-refractivity contribution is 0.558. The standard InChI is InChI=1S/C14H11FN2S/c1-2-9-3-4-13-10(5-9)11(7-16-13)12-8-17-18-14(12)6-15/h1,3-5,7,16-17H,6,8H2. The Hall–Kier alpha value is -1.70. The van der Waals surface area contributed by atoms with Gasteiger partial charge in [0.1, 0.15) is 6.67 Å². The molecule has 1 aliphatic heterocycles. The summed E-state index contributed by atoms with van der Waals surface area (Å²) in [6.45, 7) is 0.242. The fraction of sp³-hybridized carbons (Fsp3) is 0.143. The molecule has 0 spiro atoms. The number of fused-ring (bicyclic) bond motifs is 1. The van der Waals surface area contributed by atoms with Crippen LogP contribution in [0.2, 0.25) is 0 Å². The van der Waals surface area contributed by atoms with Gasteiger partial charge in [-0.25, -0.2) is 4.39 Å². The zero-order valence-corrected chi connectivity index (χ0v) is 10.4. The van der Waals surface area contributed by atoms with E-state index in [1.54, 1.807) is 0 Å². The first-order chi connectivity index (χ1) is 8.83. The van der Waals surface area contributed by atoms with E-state index >= 15 is 0 Å². The molecule has 2 N–H and O–H groups in total. The Morgan fingerprint density at radius 1 is 1.44 bits per heavy atom. The summed E-state index contributed by atoms with van der Waals surface area (Å²) in [4.78, 5) is 3.95. The van der Waals surface area contributed by atoms with E-state index in [-0.39, 0.29) is 0 Å². The third-order valence-electron chi connectivity index (χ3n) is 3.08. The summed E-state index contributed by atoms with van der Waals surface area (Å²) < 4.78 is 16.0. The quantitative estimate of drug-likeness (QED) is 0.640. The Morgan fingerprint density at radius 3 is 3.11 bits per heavy atom. The zero-order chi connectivity index (χ0) is 12.5. The Morgan fingerprint density at radius 2 is 2.33 bits per heavy atom. The van der Waals surface area contributed by atoms with E-state index in [0.29, 0.717) is 6.54 Å². The van der Waals surface area contributed by atoms with Gasteiger partial charge in [0.2, 0.25) is 0 Å². The summed E-state index contributed by atoms with van der Waals surface area (Å²) in [5.41, 5.74) is 3.91. The first-order valence-electron chi connectivity index (χ1n) is 5.59. The second-order valence-corrected chi connectivity index (χ2v) is 5.05. The number of halogens is 1. The Bertz CT molecular complexity index is 679. The molecule has 0 atom stereocenters. The normalized spacial score (nSPS) is 15.3. The molecule has 0 bridgehead atoms. The Labute approximate surface area is 109 Å². The minimum Gasteiger partial charge on any atom is -0.361 e. The number of H-pyrrole nitrogens is 1. The molecule has 90 valence electrons. The van der Waals surface area contributed by atoms with Crippen LogP contribution in [-0.2, 0) is 0 Å². The van der Waals surface area contributed by atoms with Crippen molar-refractivity contribution in [3.8, 4) is 12.3 Å². The Kier molecular flexibility index (Phi) is 2.86. The minimum atomic E-state index is -0.436. The van der Waals surface area contributed by atoms with E-state index in [9.17, 15) is 4.39 Å². The number of rotatable bonds is 2. The van der Waals surface area contributed by atoms with Crippen LogP contribution in [0.4, 0.5) is 4.39 Å². The van der Waals surface area contributed by atoms with E-state index in [0.717, 1.165) is 32.5 Å². The molecule has 4 heteroatoms. The summed E-state index contributed by atoms with van der Waals surface area (Å²) in [5, 5.41) is 1.05. The largest absolute Gasteiger partial charge is 0.361 e. The molecule has 18 heavy (non-hydrogen) atoms. The third-order valence-corrected chi connectivity index (χ3v) is 3.97. The lowest BCUT2D eigenvalue weighted by Gasteiger charge is -2.02. The molecule has 0 fully saturated rings. The van der Waals surface area contributed by atoms with Crippen molar-refractivity contribution >= 4 is 28.4 Å². The number of benzene rings is 1. The van der Waals surface area contributed by atoms with Crippen LogP contribution in [-0.4, -0.2) is 18.2 Å². The molecule has 0 aliphatic carbocycles. The highest BCUT2D eigenvalue weighted by Crippen LogP contribution is 2.35. The van der Waals surface area contributed by atoms with Crippen molar-refractivity contribution in [3.05, 3.63) is 40.4 Å². The Balaban J connectivity index is 2.21. The van der Waals surface area contributed by atoms with Gasteiger partial charge >= 0.3 is 0 Å². The number of nitrogens with one attached hydrogen (secondary N) is 2. The van der Waals surface area contributed by atoms with Crippen molar-refractivity contribution in [2.24, 2.45) is 0 Å². The van der Waals surface area contributed by atoms with Crippen LogP contribution in [0.25, 0.3) is 16.5 Å². The van der Waals surface area contributed by atoms with Crippen LogP contribution in [0.3, 0.4) is 0 Å². The third kappa shape index (κ3) is 1.72. The van der Waals surface area contributed by atoms with Crippen LogP contribution in [0, 0.1) is 12.3 Å². The molecule has 0 unspecified atom stereocenters.